The number of rotatable bonds is 1. The summed E-state index contributed by atoms with van der Waals surface area (Å²) in [5.41, 5.74) is -0.462. The summed E-state index contributed by atoms with van der Waals surface area (Å²) in [6, 6.07) is 0. The summed E-state index contributed by atoms with van der Waals surface area (Å²) in [5.74, 6) is 0.933. The molecule has 2 heterocycles. The Bertz CT molecular complexity index is 375. The van der Waals surface area contributed by atoms with Gasteiger partial charge < -0.3 is 14.5 Å². The molecule has 2 rings (SSSR count). The van der Waals surface area contributed by atoms with Gasteiger partial charge in [-0.25, -0.2) is 4.79 Å². The summed E-state index contributed by atoms with van der Waals surface area (Å²) in [6.45, 7) is 10.5. The molecule has 2 atom stereocenters. The van der Waals surface area contributed by atoms with E-state index in [0.717, 1.165) is 13.1 Å². The van der Waals surface area contributed by atoms with E-state index < -0.39 is 5.60 Å². The molecule has 2 fully saturated rings. The van der Waals surface area contributed by atoms with Gasteiger partial charge in [-0.2, -0.15) is 0 Å². The van der Waals surface area contributed by atoms with Gasteiger partial charge in [-0.15, -0.1) is 0 Å². The highest BCUT2D eigenvalue weighted by Gasteiger charge is 2.42. The third-order valence-electron chi connectivity index (χ3n) is 3.85. The summed E-state index contributed by atoms with van der Waals surface area (Å²) < 4.78 is 5.40. The van der Waals surface area contributed by atoms with E-state index in [1.807, 2.05) is 32.6 Å². The first kappa shape index (κ1) is 14.2. The van der Waals surface area contributed by atoms with Crippen LogP contribution in [-0.2, 0) is 9.53 Å². The molecule has 2 saturated heterocycles. The van der Waals surface area contributed by atoms with Gasteiger partial charge in [0, 0.05) is 32.6 Å². The zero-order valence-corrected chi connectivity index (χ0v) is 12.3. The normalized spacial score (nSPS) is 27.5. The van der Waals surface area contributed by atoms with E-state index in [-0.39, 0.29) is 12.0 Å². The third kappa shape index (κ3) is 3.19. The van der Waals surface area contributed by atoms with Gasteiger partial charge in [0.1, 0.15) is 5.60 Å². The molecular formula is C14H24N2O3. The molecule has 0 bridgehead atoms. The number of nitrogens with zero attached hydrogens (tertiary/aromatic N) is 2. The van der Waals surface area contributed by atoms with E-state index in [9.17, 15) is 9.59 Å². The van der Waals surface area contributed by atoms with Gasteiger partial charge >= 0.3 is 6.09 Å². The minimum atomic E-state index is -0.462. The van der Waals surface area contributed by atoms with E-state index in [4.69, 9.17) is 4.74 Å². The van der Waals surface area contributed by atoms with E-state index in [1.54, 1.807) is 4.90 Å². The zero-order valence-electron chi connectivity index (χ0n) is 12.3. The second-order valence-corrected chi connectivity index (χ2v) is 6.54. The van der Waals surface area contributed by atoms with Gasteiger partial charge in [0.2, 0.25) is 5.91 Å². The van der Waals surface area contributed by atoms with Crippen LogP contribution in [0.3, 0.4) is 0 Å². The molecule has 5 nitrogen and oxygen atoms in total. The smallest absolute Gasteiger partial charge is 0.410 e. The van der Waals surface area contributed by atoms with Crippen LogP contribution in [0.4, 0.5) is 4.79 Å². The monoisotopic (exact) mass is 268 g/mol. The summed E-state index contributed by atoms with van der Waals surface area (Å²) in [5, 5.41) is 0. The first-order chi connectivity index (χ1) is 8.80. The van der Waals surface area contributed by atoms with Crippen LogP contribution in [0.5, 0.6) is 0 Å². The maximum atomic E-state index is 12.0. The minimum absolute atomic E-state index is 0.217. The Morgan fingerprint density at radius 2 is 1.89 bits per heavy atom. The molecule has 0 aromatic carbocycles. The van der Waals surface area contributed by atoms with Crippen molar-refractivity contribution in [2.75, 3.05) is 26.2 Å². The first-order valence-corrected chi connectivity index (χ1v) is 7.06. The van der Waals surface area contributed by atoms with E-state index >= 15 is 0 Å². The standard InChI is InChI=1S/C14H24N2O3/c1-5-15-8-11-9-16(7-10(11)6-12(15)17)13(18)19-14(2,3)4/h10-11H,5-9H2,1-4H3. The fourth-order valence-electron chi connectivity index (χ4n) is 2.90. The predicted octanol–water partition coefficient (Wildman–Crippen LogP) is 1.72. The van der Waals surface area contributed by atoms with Crippen LogP contribution >= 0.6 is 0 Å². The molecule has 0 aromatic heterocycles. The number of ether oxygens (including phenoxy) is 1. The second kappa shape index (κ2) is 5.02. The molecular weight excluding hydrogens is 244 g/mol. The topological polar surface area (TPSA) is 49.9 Å². The zero-order chi connectivity index (χ0) is 14.2. The van der Waals surface area contributed by atoms with Gasteiger partial charge in [-0.1, -0.05) is 0 Å². The Morgan fingerprint density at radius 3 is 2.47 bits per heavy atom. The molecule has 0 saturated carbocycles. The van der Waals surface area contributed by atoms with Crippen molar-refractivity contribution in [3.05, 3.63) is 0 Å². The first-order valence-electron chi connectivity index (χ1n) is 7.06. The van der Waals surface area contributed by atoms with Crippen LogP contribution in [0.2, 0.25) is 0 Å². The number of piperidine rings is 1. The highest BCUT2D eigenvalue weighted by molar-refractivity contribution is 5.78. The van der Waals surface area contributed by atoms with Gasteiger partial charge in [0.15, 0.2) is 0 Å². The summed E-state index contributed by atoms with van der Waals surface area (Å²) in [4.78, 5) is 27.6. The lowest BCUT2D eigenvalue weighted by Crippen LogP contribution is -2.43. The highest BCUT2D eigenvalue weighted by Crippen LogP contribution is 2.32. The third-order valence-corrected chi connectivity index (χ3v) is 3.85. The number of carbonyl (C=O) groups excluding carboxylic acids is 2. The lowest BCUT2D eigenvalue weighted by molar-refractivity contribution is -0.135. The number of hydrogen-bond acceptors (Lipinski definition) is 3. The molecule has 0 N–H and O–H groups in total. The average Bonchev–Trinajstić information content (AvgIpc) is 2.68. The number of amides is 2. The average molecular weight is 268 g/mol. The van der Waals surface area contributed by atoms with Crippen LogP contribution in [0, 0.1) is 11.8 Å². The van der Waals surface area contributed by atoms with Crippen molar-refractivity contribution < 1.29 is 14.3 Å². The van der Waals surface area contributed by atoms with Crippen LogP contribution in [0.15, 0.2) is 0 Å². The quantitative estimate of drug-likeness (QED) is 0.727. The number of likely N-dealkylation sites (tertiary alicyclic amines) is 2. The Labute approximate surface area is 114 Å². The minimum Gasteiger partial charge on any atom is -0.444 e. The predicted molar refractivity (Wildman–Crippen MR) is 71.7 cm³/mol. The van der Waals surface area contributed by atoms with E-state index in [2.05, 4.69) is 0 Å². The molecule has 2 unspecified atom stereocenters. The maximum Gasteiger partial charge on any atom is 0.410 e. The van der Waals surface area contributed by atoms with Crippen LogP contribution in [0.25, 0.3) is 0 Å². The van der Waals surface area contributed by atoms with Crippen molar-refractivity contribution in [3.8, 4) is 0 Å². The van der Waals surface area contributed by atoms with Crippen LogP contribution < -0.4 is 0 Å². The summed E-state index contributed by atoms with van der Waals surface area (Å²) in [6.07, 6.45) is 0.315. The second-order valence-electron chi connectivity index (χ2n) is 6.54. The summed E-state index contributed by atoms with van der Waals surface area (Å²) >= 11 is 0. The van der Waals surface area contributed by atoms with Crippen molar-refractivity contribution in [2.45, 2.75) is 39.7 Å². The Morgan fingerprint density at radius 1 is 1.26 bits per heavy atom. The number of hydrogen-bond donors (Lipinski definition) is 0. The van der Waals surface area contributed by atoms with Crippen molar-refractivity contribution in [1.29, 1.82) is 0 Å². The fourth-order valence-corrected chi connectivity index (χ4v) is 2.90. The molecule has 0 aromatic rings. The molecule has 0 radical (unpaired) electrons. The molecule has 19 heavy (non-hydrogen) atoms. The Balaban J connectivity index is 1.96. The highest BCUT2D eigenvalue weighted by atomic mass is 16.6. The number of fused-ring (bicyclic) bond motifs is 1. The van der Waals surface area contributed by atoms with E-state index in [1.165, 1.54) is 0 Å². The lowest BCUT2D eigenvalue weighted by atomic mass is 9.88. The SMILES string of the molecule is CCN1CC2CN(C(=O)OC(C)(C)C)CC2CC1=O. The number of carbonyl (C=O) groups is 2. The molecule has 2 aliphatic heterocycles. The van der Waals surface area contributed by atoms with Gasteiger partial charge in [0.05, 0.1) is 0 Å². The van der Waals surface area contributed by atoms with Crippen LogP contribution in [-0.4, -0.2) is 53.6 Å². The molecule has 5 heteroatoms. The van der Waals surface area contributed by atoms with Crippen LogP contribution in [0.1, 0.15) is 34.1 Å². The van der Waals surface area contributed by atoms with Crippen molar-refractivity contribution in [1.82, 2.24) is 9.80 Å². The molecule has 0 aliphatic carbocycles. The van der Waals surface area contributed by atoms with Crippen molar-refractivity contribution in [3.63, 3.8) is 0 Å². The molecule has 2 aliphatic rings. The molecule has 108 valence electrons. The van der Waals surface area contributed by atoms with E-state index in [0.29, 0.717) is 31.3 Å². The molecule has 2 amide bonds. The van der Waals surface area contributed by atoms with Crippen molar-refractivity contribution in [2.24, 2.45) is 11.8 Å². The lowest BCUT2D eigenvalue weighted by Gasteiger charge is -2.33. The van der Waals surface area contributed by atoms with Gasteiger partial charge in [-0.3, -0.25) is 4.79 Å². The largest absolute Gasteiger partial charge is 0.444 e. The Hall–Kier alpha value is -1.26. The van der Waals surface area contributed by atoms with Gasteiger partial charge in [0.25, 0.3) is 0 Å². The maximum absolute atomic E-state index is 12.0. The Kier molecular flexibility index (Phi) is 3.74. The summed E-state index contributed by atoms with van der Waals surface area (Å²) in [7, 11) is 0. The molecule has 0 spiro atoms. The van der Waals surface area contributed by atoms with Crippen molar-refractivity contribution >= 4 is 12.0 Å². The fraction of sp³-hybridized carbons (Fsp3) is 0.857. The van der Waals surface area contributed by atoms with Gasteiger partial charge in [-0.05, 0) is 39.5 Å².